The first-order valence-electron chi connectivity index (χ1n) is 9.52. The fraction of sp³-hybridized carbons (Fsp3) is 0.182. The van der Waals surface area contributed by atoms with Crippen LogP contribution >= 0.6 is 11.8 Å². The topological polar surface area (TPSA) is 63.9 Å². The van der Waals surface area contributed by atoms with Gasteiger partial charge in [-0.25, -0.2) is 14.6 Å². The summed E-state index contributed by atoms with van der Waals surface area (Å²) in [4.78, 5) is 23.9. The Balaban J connectivity index is 1.42. The predicted molar refractivity (Wildman–Crippen MR) is 114 cm³/mol. The molecule has 1 aliphatic heterocycles. The van der Waals surface area contributed by atoms with E-state index in [-0.39, 0.29) is 11.2 Å². The first-order chi connectivity index (χ1) is 14.2. The minimum atomic E-state index is -0.265. The van der Waals surface area contributed by atoms with Gasteiger partial charge in [-0.3, -0.25) is 4.79 Å². The molecule has 29 heavy (non-hydrogen) atoms. The molecule has 0 spiro atoms. The van der Waals surface area contributed by atoms with Crippen LogP contribution in [-0.2, 0) is 11.2 Å². The standard InChI is InChI=1S/C22H19N5OS/c1-15(22(28)26-12-11-16-7-5-6-10-19(16)26)29-21-18-13-25-27(20(18)23-14-24-21)17-8-3-2-4-9-17/h2-10,13-15H,11-12H2,1H3/t15-/m1/s1. The second-order valence-electron chi connectivity index (χ2n) is 6.94. The van der Waals surface area contributed by atoms with Crippen LogP contribution in [0.5, 0.6) is 0 Å². The number of para-hydroxylation sites is 2. The van der Waals surface area contributed by atoms with Gasteiger partial charge in [-0.1, -0.05) is 48.2 Å². The normalized spacial score (nSPS) is 14.2. The molecule has 4 aromatic rings. The molecule has 5 rings (SSSR count). The number of benzene rings is 2. The van der Waals surface area contributed by atoms with Crippen molar-refractivity contribution in [2.24, 2.45) is 0 Å². The SMILES string of the molecule is C[C@@H](Sc1ncnc2c1cnn2-c1ccccc1)C(=O)N1CCc2ccccc21. The van der Waals surface area contributed by atoms with Gasteiger partial charge in [0.25, 0.3) is 0 Å². The summed E-state index contributed by atoms with van der Waals surface area (Å²) in [6.45, 7) is 2.66. The van der Waals surface area contributed by atoms with Crippen LogP contribution in [0.15, 0.2) is 72.1 Å². The van der Waals surface area contributed by atoms with Gasteiger partial charge < -0.3 is 4.90 Å². The molecule has 0 saturated heterocycles. The lowest BCUT2D eigenvalue weighted by Crippen LogP contribution is -2.35. The fourth-order valence-corrected chi connectivity index (χ4v) is 4.62. The van der Waals surface area contributed by atoms with Gasteiger partial charge in [0, 0.05) is 12.2 Å². The van der Waals surface area contributed by atoms with Gasteiger partial charge in [0.05, 0.1) is 22.5 Å². The van der Waals surface area contributed by atoms with Crippen molar-refractivity contribution in [2.45, 2.75) is 23.6 Å². The fourth-order valence-electron chi connectivity index (χ4n) is 3.68. The highest BCUT2D eigenvalue weighted by Gasteiger charge is 2.29. The number of aromatic nitrogens is 4. The van der Waals surface area contributed by atoms with Crippen LogP contribution in [0.25, 0.3) is 16.7 Å². The second-order valence-corrected chi connectivity index (χ2v) is 8.27. The van der Waals surface area contributed by atoms with Crippen molar-refractivity contribution < 1.29 is 4.79 Å². The molecule has 1 aliphatic rings. The Kier molecular flexibility index (Phi) is 4.52. The third-order valence-corrected chi connectivity index (χ3v) is 6.22. The number of rotatable bonds is 4. The summed E-state index contributed by atoms with van der Waals surface area (Å²) in [5, 5.41) is 5.85. The Bertz CT molecular complexity index is 1190. The average molecular weight is 401 g/mol. The Morgan fingerprint density at radius 1 is 1.07 bits per heavy atom. The van der Waals surface area contributed by atoms with Crippen molar-refractivity contribution in [3.63, 3.8) is 0 Å². The number of hydrogen-bond donors (Lipinski definition) is 0. The lowest BCUT2D eigenvalue weighted by atomic mass is 10.2. The first-order valence-corrected chi connectivity index (χ1v) is 10.4. The number of anilines is 1. The van der Waals surface area contributed by atoms with E-state index in [1.165, 1.54) is 23.7 Å². The number of amides is 1. The number of fused-ring (bicyclic) bond motifs is 2. The maximum absolute atomic E-state index is 13.1. The third-order valence-electron chi connectivity index (χ3n) is 5.12. The molecular formula is C22H19N5OS. The average Bonchev–Trinajstić information content (AvgIpc) is 3.39. The Labute approximate surface area is 172 Å². The maximum Gasteiger partial charge on any atom is 0.240 e. The largest absolute Gasteiger partial charge is 0.311 e. The van der Waals surface area contributed by atoms with E-state index >= 15 is 0 Å². The van der Waals surface area contributed by atoms with Crippen molar-refractivity contribution in [3.05, 3.63) is 72.7 Å². The maximum atomic E-state index is 13.1. The summed E-state index contributed by atoms with van der Waals surface area (Å²) >= 11 is 1.46. The molecule has 7 heteroatoms. The molecule has 1 atom stereocenters. The van der Waals surface area contributed by atoms with Crippen LogP contribution in [0.4, 0.5) is 5.69 Å². The number of hydrogen-bond acceptors (Lipinski definition) is 5. The summed E-state index contributed by atoms with van der Waals surface area (Å²) in [5.74, 6) is 0.0992. The van der Waals surface area contributed by atoms with E-state index in [2.05, 4.69) is 21.1 Å². The van der Waals surface area contributed by atoms with E-state index in [1.807, 2.05) is 60.4 Å². The second kappa shape index (κ2) is 7.33. The van der Waals surface area contributed by atoms with Crippen LogP contribution in [0.3, 0.4) is 0 Å². The van der Waals surface area contributed by atoms with Gasteiger partial charge in [-0.05, 0) is 37.1 Å². The van der Waals surface area contributed by atoms with E-state index < -0.39 is 0 Å². The van der Waals surface area contributed by atoms with Gasteiger partial charge in [0.15, 0.2) is 5.65 Å². The minimum Gasteiger partial charge on any atom is -0.311 e. The molecule has 3 heterocycles. The van der Waals surface area contributed by atoms with Crippen LogP contribution in [0, 0.1) is 0 Å². The van der Waals surface area contributed by atoms with Crippen LogP contribution in [0.1, 0.15) is 12.5 Å². The molecule has 2 aromatic heterocycles. The Morgan fingerprint density at radius 2 is 1.86 bits per heavy atom. The molecule has 0 unspecified atom stereocenters. The van der Waals surface area contributed by atoms with E-state index in [9.17, 15) is 4.79 Å². The number of nitrogens with zero attached hydrogens (tertiary/aromatic N) is 5. The smallest absolute Gasteiger partial charge is 0.240 e. The summed E-state index contributed by atoms with van der Waals surface area (Å²) in [7, 11) is 0. The van der Waals surface area contributed by atoms with Gasteiger partial charge in [0.1, 0.15) is 11.4 Å². The Morgan fingerprint density at radius 3 is 2.72 bits per heavy atom. The van der Waals surface area contributed by atoms with Crippen molar-refractivity contribution in [3.8, 4) is 5.69 Å². The molecule has 0 aliphatic carbocycles. The van der Waals surface area contributed by atoms with E-state index in [1.54, 1.807) is 10.9 Å². The van der Waals surface area contributed by atoms with Crippen LogP contribution < -0.4 is 4.90 Å². The number of thioether (sulfide) groups is 1. The number of carbonyl (C=O) groups is 1. The van der Waals surface area contributed by atoms with Crippen molar-refractivity contribution in [1.29, 1.82) is 0 Å². The van der Waals surface area contributed by atoms with Gasteiger partial charge >= 0.3 is 0 Å². The molecule has 0 saturated carbocycles. The summed E-state index contributed by atoms with van der Waals surface area (Å²) in [6.07, 6.45) is 4.21. The molecule has 0 fully saturated rings. The predicted octanol–water partition coefficient (Wildman–Crippen LogP) is 3.89. The summed E-state index contributed by atoms with van der Waals surface area (Å²) in [6, 6.07) is 18.0. The molecule has 2 aromatic carbocycles. The molecule has 0 radical (unpaired) electrons. The third kappa shape index (κ3) is 3.17. The van der Waals surface area contributed by atoms with Crippen LogP contribution in [0.2, 0.25) is 0 Å². The van der Waals surface area contributed by atoms with E-state index in [0.29, 0.717) is 0 Å². The van der Waals surface area contributed by atoms with Gasteiger partial charge in [-0.2, -0.15) is 5.10 Å². The van der Waals surface area contributed by atoms with Gasteiger partial charge in [0.2, 0.25) is 5.91 Å². The molecule has 144 valence electrons. The first kappa shape index (κ1) is 17.9. The number of carbonyl (C=O) groups excluding carboxylic acids is 1. The molecule has 0 bridgehead atoms. The van der Waals surface area contributed by atoms with Gasteiger partial charge in [-0.15, -0.1) is 0 Å². The minimum absolute atomic E-state index is 0.0992. The Hall–Kier alpha value is -3.19. The molecule has 6 nitrogen and oxygen atoms in total. The van der Waals surface area contributed by atoms with Crippen LogP contribution in [-0.4, -0.2) is 37.5 Å². The molecule has 1 amide bonds. The van der Waals surface area contributed by atoms with E-state index in [4.69, 9.17) is 0 Å². The highest BCUT2D eigenvalue weighted by Crippen LogP contribution is 2.33. The molecular weight excluding hydrogens is 382 g/mol. The zero-order valence-electron chi connectivity index (χ0n) is 15.9. The molecule has 0 N–H and O–H groups in total. The quantitative estimate of drug-likeness (QED) is 0.383. The van der Waals surface area contributed by atoms with Crippen molar-refractivity contribution in [2.75, 3.05) is 11.4 Å². The zero-order valence-corrected chi connectivity index (χ0v) is 16.7. The zero-order chi connectivity index (χ0) is 19.8. The monoisotopic (exact) mass is 401 g/mol. The lowest BCUT2D eigenvalue weighted by Gasteiger charge is -2.21. The summed E-state index contributed by atoms with van der Waals surface area (Å²) < 4.78 is 1.80. The van der Waals surface area contributed by atoms with Crippen molar-refractivity contribution >= 4 is 34.4 Å². The highest BCUT2D eigenvalue weighted by atomic mass is 32.2. The lowest BCUT2D eigenvalue weighted by molar-refractivity contribution is -0.117. The highest BCUT2D eigenvalue weighted by molar-refractivity contribution is 8.00. The summed E-state index contributed by atoms with van der Waals surface area (Å²) in [5.41, 5.74) is 3.93. The van der Waals surface area contributed by atoms with Crippen molar-refractivity contribution in [1.82, 2.24) is 19.7 Å². The van der Waals surface area contributed by atoms with E-state index in [0.717, 1.165) is 40.4 Å².